The predicted octanol–water partition coefficient (Wildman–Crippen LogP) is 4.81. The van der Waals surface area contributed by atoms with Crippen molar-refractivity contribution in [2.24, 2.45) is 0 Å². The van der Waals surface area contributed by atoms with Crippen molar-refractivity contribution in [3.05, 3.63) is 76.6 Å². The Balaban J connectivity index is 1.47. The summed E-state index contributed by atoms with van der Waals surface area (Å²) in [4.78, 5) is 0.198. The Hall–Kier alpha value is -3.92. The maximum absolute atomic E-state index is 12.9. The number of nitrogens with one attached hydrogen (secondary N) is 1. The number of hydrogen-bond donors (Lipinski definition) is 1. The van der Waals surface area contributed by atoms with Crippen molar-refractivity contribution in [3.63, 3.8) is 0 Å². The summed E-state index contributed by atoms with van der Waals surface area (Å²) < 4.78 is 41.3. The standard InChI is InChI=1S/C25H27N5O4S/c1-15-16(2)23(12-11-22(15)33-6)35(31,32)29-20-7-9-21(10-8-20)34-25-14-13-24(26-27-25)30-19(5)17(3)18(4)28-30/h7-14,29H,1-6H3. The fraction of sp³-hybridized carbons (Fsp3) is 0.240. The molecule has 0 spiro atoms. The van der Waals surface area contributed by atoms with E-state index < -0.39 is 10.0 Å². The summed E-state index contributed by atoms with van der Waals surface area (Å²) in [5.74, 6) is 2.04. The molecule has 0 saturated heterocycles. The number of methoxy groups -OCH3 is 1. The second-order valence-corrected chi connectivity index (χ2v) is 9.84. The van der Waals surface area contributed by atoms with E-state index in [0.717, 1.165) is 22.5 Å². The number of benzene rings is 2. The van der Waals surface area contributed by atoms with Gasteiger partial charge in [0.2, 0.25) is 5.88 Å². The second-order valence-electron chi connectivity index (χ2n) is 8.19. The third-order valence-corrected chi connectivity index (χ3v) is 7.55. The molecule has 4 rings (SSSR count). The van der Waals surface area contributed by atoms with E-state index in [-0.39, 0.29) is 4.90 Å². The summed E-state index contributed by atoms with van der Waals surface area (Å²) in [7, 11) is -2.22. The van der Waals surface area contributed by atoms with Crippen LogP contribution < -0.4 is 14.2 Å². The summed E-state index contributed by atoms with van der Waals surface area (Å²) in [6.07, 6.45) is 0. The molecule has 4 aromatic rings. The van der Waals surface area contributed by atoms with Gasteiger partial charge >= 0.3 is 0 Å². The topological polar surface area (TPSA) is 108 Å². The van der Waals surface area contributed by atoms with Gasteiger partial charge in [0.15, 0.2) is 5.82 Å². The smallest absolute Gasteiger partial charge is 0.262 e. The van der Waals surface area contributed by atoms with Gasteiger partial charge in [-0.15, -0.1) is 10.2 Å². The lowest BCUT2D eigenvalue weighted by molar-refractivity contribution is 0.410. The molecule has 2 heterocycles. The van der Waals surface area contributed by atoms with E-state index in [0.29, 0.717) is 34.4 Å². The Morgan fingerprint density at radius 2 is 1.54 bits per heavy atom. The molecule has 0 bridgehead atoms. The van der Waals surface area contributed by atoms with Crippen LogP contribution >= 0.6 is 0 Å². The highest BCUT2D eigenvalue weighted by Crippen LogP contribution is 2.29. The molecule has 2 aromatic heterocycles. The minimum absolute atomic E-state index is 0.198. The first-order valence-corrected chi connectivity index (χ1v) is 12.4. The molecule has 0 aliphatic rings. The van der Waals surface area contributed by atoms with Gasteiger partial charge in [0.25, 0.3) is 10.0 Å². The number of hydrogen-bond acceptors (Lipinski definition) is 7. The molecular weight excluding hydrogens is 466 g/mol. The van der Waals surface area contributed by atoms with Crippen LogP contribution in [0, 0.1) is 34.6 Å². The van der Waals surface area contributed by atoms with Crippen LogP contribution in [-0.4, -0.2) is 35.5 Å². The normalized spacial score (nSPS) is 11.4. The molecule has 10 heteroatoms. The van der Waals surface area contributed by atoms with Gasteiger partial charge in [-0.25, -0.2) is 13.1 Å². The van der Waals surface area contributed by atoms with Gasteiger partial charge in [-0.2, -0.15) is 5.10 Å². The Labute approximate surface area is 204 Å². The number of anilines is 1. The summed E-state index contributed by atoms with van der Waals surface area (Å²) in [6.45, 7) is 9.53. The molecule has 0 fully saturated rings. The van der Waals surface area contributed by atoms with Crippen LogP contribution in [0.5, 0.6) is 17.4 Å². The second kappa shape index (κ2) is 9.38. The zero-order chi connectivity index (χ0) is 25.3. The molecule has 9 nitrogen and oxygen atoms in total. The summed E-state index contributed by atoms with van der Waals surface area (Å²) in [5, 5.41) is 12.8. The van der Waals surface area contributed by atoms with Gasteiger partial charge in [0.05, 0.1) is 17.7 Å². The molecule has 1 N–H and O–H groups in total. The van der Waals surface area contributed by atoms with E-state index in [2.05, 4.69) is 20.0 Å². The van der Waals surface area contributed by atoms with Crippen LogP contribution in [0.2, 0.25) is 0 Å². The van der Waals surface area contributed by atoms with E-state index in [9.17, 15) is 8.42 Å². The molecule has 2 aromatic carbocycles. The largest absolute Gasteiger partial charge is 0.496 e. The van der Waals surface area contributed by atoms with Crippen molar-refractivity contribution in [1.82, 2.24) is 20.0 Å². The maximum atomic E-state index is 12.9. The molecule has 0 unspecified atom stereocenters. The van der Waals surface area contributed by atoms with Gasteiger partial charge in [-0.3, -0.25) is 4.72 Å². The van der Waals surface area contributed by atoms with Crippen molar-refractivity contribution >= 4 is 15.7 Å². The minimum atomic E-state index is -3.78. The van der Waals surface area contributed by atoms with Crippen molar-refractivity contribution in [2.45, 2.75) is 39.5 Å². The van der Waals surface area contributed by atoms with Crippen LogP contribution in [0.25, 0.3) is 5.82 Å². The first-order chi connectivity index (χ1) is 16.6. The minimum Gasteiger partial charge on any atom is -0.496 e. The van der Waals surface area contributed by atoms with Gasteiger partial charge in [0, 0.05) is 17.4 Å². The van der Waals surface area contributed by atoms with E-state index in [1.54, 1.807) is 61.2 Å². The van der Waals surface area contributed by atoms with Crippen molar-refractivity contribution in [2.75, 3.05) is 11.8 Å². The highest BCUT2D eigenvalue weighted by Gasteiger charge is 2.20. The SMILES string of the molecule is COc1ccc(S(=O)(=O)Nc2ccc(Oc3ccc(-n4nc(C)c(C)c4C)nn3)cc2)c(C)c1C. The fourth-order valence-corrected chi connectivity index (χ4v) is 4.99. The molecule has 182 valence electrons. The quantitative estimate of drug-likeness (QED) is 0.394. The average Bonchev–Trinajstić information content (AvgIpc) is 3.09. The zero-order valence-corrected chi connectivity index (χ0v) is 21.3. The van der Waals surface area contributed by atoms with E-state index in [1.165, 1.54) is 6.07 Å². The molecular formula is C25H27N5O4S. The first kappa shape index (κ1) is 24.2. The zero-order valence-electron chi connectivity index (χ0n) is 20.4. The summed E-state index contributed by atoms with van der Waals surface area (Å²) in [5.41, 5.74) is 4.88. The highest BCUT2D eigenvalue weighted by molar-refractivity contribution is 7.92. The average molecular weight is 494 g/mol. The number of ether oxygens (including phenoxy) is 2. The molecule has 0 atom stereocenters. The lowest BCUT2D eigenvalue weighted by Crippen LogP contribution is -2.15. The third kappa shape index (κ3) is 4.83. The lowest BCUT2D eigenvalue weighted by Gasteiger charge is -2.14. The van der Waals surface area contributed by atoms with E-state index in [4.69, 9.17) is 9.47 Å². The molecule has 0 saturated carbocycles. The Morgan fingerprint density at radius 1 is 0.829 bits per heavy atom. The number of aromatic nitrogens is 4. The van der Waals surface area contributed by atoms with Crippen molar-refractivity contribution in [3.8, 4) is 23.2 Å². The fourth-order valence-electron chi connectivity index (χ4n) is 3.63. The van der Waals surface area contributed by atoms with Crippen LogP contribution in [0.15, 0.2) is 53.4 Å². The number of sulfonamides is 1. The van der Waals surface area contributed by atoms with E-state index >= 15 is 0 Å². The van der Waals surface area contributed by atoms with Crippen molar-refractivity contribution < 1.29 is 17.9 Å². The van der Waals surface area contributed by atoms with Gasteiger partial charge in [-0.05, 0) is 93.8 Å². The van der Waals surface area contributed by atoms with Crippen LogP contribution in [0.3, 0.4) is 0 Å². The molecule has 0 aliphatic heterocycles. The molecule has 0 radical (unpaired) electrons. The Kier molecular flexibility index (Phi) is 6.49. The number of nitrogens with zero attached hydrogens (tertiary/aromatic N) is 4. The van der Waals surface area contributed by atoms with Crippen LogP contribution in [-0.2, 0) is 10.0 Å². The van der Waals surface area contributed by atoms with Gasteiger partial charge < -0.3 is 9.47 Å². The molecule has 0 amide bonds. The van der Waals surface area contributed by atoms with Gasteiger partial charge in [0.1, 0.15) is 11.5 Å². The van der Waals surface area contributed by atoms with Crippen LogP contribution in [0.4, 0.5) is 5.69 Å². The molecule has 35 heavy (non-hydrogen) atoms. The Morgan fingerprint density at radius 3 is 2.11 bits per heavy atom. The third-order valence-electron chi connectivity index (χ3n) is 6.02. The lowest BCUT2D eigenvalue weighted by atomic mass is 10.1. The number of rotatable bonds is 7. The van der Waals surface area contributed by atoms with E-state index in [1.807, 2.05) is 27.7 Å². The number of aryl methyl sites for hydroxylation is 1. The maximum Gasteiger partial charge on any atom is 0.262 e. The summed E-state index contributed by atoms with van der Waals surface area (Å²) >= 11 is 0. The van der Waals surface area contributed by atoms with Crippen molar-refractivity contribution in [1.29, 1.82) is 0 Å². The first-order valence-electron chi connectivity index (χ1n) is 10.9. The summed E-state index contributed by atoms with van der Waals surface area (Å²) in [6, 6.07) is 13.2. The monoisotopic (exact) mass is 493 g/mol. The van der Waals surface area contributed by atoms with Crippen LogP contribution in [0.1, 0.15) is 28.1 Å². The molecule has 0 aliphatic carbocycles. The predicted molar refractivity (Wildman–Crippen MR) is 133 cm³/mol. The Bertz CT molecular complexity index is 1480. The highest BCUT2D eigenvalue weighted by atomic mass is 32.2. The van der Waals surface area contributed by atoms with Gasteiger partial charge in [-0.1, -0.05) is 0 Å².